The van der Waals surface area contributed by atoms with Gasteiger partial charge in [0, 0.05) is 25.2 Å². The lowest BCUT2D eigenvalue weighted by molar-refractivity contribution is 0.00755. The smallest absolute Gasteiger partial charge is 0.257 e. The van der Waals surface area contributed by atoms with Gasteiger partial charge < -0.3 is 19.1 Å². The Morgan fingerprint density at radius 3 is 2.85 bits per heavy atom. The summed E-state index contributed by atoms with van der Waals surface area (Å²) < 4.78 is 13.2. The van der Waals surface area contributed by atoms with Crippen LogP contribution in [0.3, 0.4) is 0 Å². The highest BCUT2D eigenvalue weighted by molar-refractivity contribution is 5.75. The summed E-state index contributed by atoms with van der Waals surface area (Å²) in [5.74, 6) is 1.10. The molecule has 0 spiro atoms. The van der Waals surface area contributed by atoms with Crippen molar-refractivity contribution in [1.82, 2.24) is 25.0 Å². The molecule has 1 aliphatic rings. The number of rotatable bonds is 4. The van der Waals surface area contributed by atoms with Crippen molar-refractivity contribution < 1.29 is 9.26 Å². The molecule has 136 valence electrons. The molecule has 0 bridgehead atoms. The zero-order chi connectivity index (χ0) is 18.1. The first-order valence-corrected chi connectivity index (χ1v) is 9.02. The molecule has 7 nitrogen and oxygen atoms in total. The number of benzene rings is 2. The molecule has 1 atom stereocenters. The second kappa shape index (κ2) is 6.94. The predicted octanol–water partition coefficient (Wildman–Crippen LogP) is 2.80. The molecule has 7 heteroatoms. The summed E-state index contributed by atoms with van der Waals surface area (Å²) in [5, 5.41) is 7.36. The van der Waals surface area contributed by atoms with Crippen molar-refractivity contribution in [2.45, 2.75) is 12.6 Å². The first-order valence-electron chi connectivity index (χ1n) is 9.02. The number of nitrogens with zero attached hydrogens (tertiary/aromatic N) is 4. The van der Waals surface area contributed by atoms with Gasteiger partial charge in [0.15, 0.2) is 0 Å². The lowest BCUT2D eigenvalue weighted by Gasteiger charge is -2.19. The van der Waals surface area contributed by atoms with Gasteiger partial charge in [0.05, 0.1) is 24.0 Å². The molecule has 1 N–H and O–H groups in total. The molecule has 2 aromatic carbocycles. The van der Waals surface area contributed by atoms with E-state index in [-0.39, 0.29) is 6.10 Å². The van der Waals surface area contributed by atoms with E-state index in [0.717, 1.165) is 29.7 Å². The molecule has 1 aliphatic heterocycles. The Bertz CT molecular complexity index is 1050. The number of aromatic nitrogens is 4. The largest absolute Gasteiger partial charge is 0.366 e. The highest BCUT2D eigenvalue weighted by Crippen LogP contribution is 2.22. The van der Waals surface area contributed by atoms with Crippen LogP contribution in [0.5, 0.6) is 0 Å². The summed E-state index contributed by atoms with van der Waals surface area (Å²) in [7, 11) is 0. The Labute approximate surface area is 156 Å². The molecule has 0 saturated carbocycles. The van der Waals surface area contributed by atoms with Gasteiger partial charge in [0.2, 0.25) is 5.82 Å². The number of ether oxygens (including phenoxy) is 1. The molecule has 0 amide bonds. The number of imidazole rings is 1. The second-order valence-corrected chi connectivity index (χ2v) is 6.58. The van der Waals surface area contributed by atoms with Crippen molar-refractivity contribution in [3.63, 3.8) is 0 Å². The minimum atomic E-state index is -0.172. The van der Waals surface area contributed by atoms with Gasteiger partial charge in [-0.25, -0.2) is 4.98 Å². The summed E-state index contributed by atoms with van der Waals surface area (Å²) >= 11 is 0. The van der Waals surface area contributed by atoms with Gasteiger partial charge in [-0.2, -0.15) is 4.98 Å². The van der Waals surface area contributed by atoms with Gasteiger partial charge >= 0.3 is 0 Å². The summed E-state index contributed by atoms with van der Waals surface area (Å²) in [5.41, 5.74) is 4.25. The van der Waals surface area contributed by atoms with Crippen LogP contribution in [0.15, 0.2) is 59.4 Å². The van der Waals surface area contributed by atoms with E-state index in [1.807, 2.05) is 36.7 Å². The highest BCUT2D eigenvalue weighted by Gasteiger charge is 2.22. The van der Waals surface area contributed by atoms with E-state index in [1.165, 1.54) is 5.56 Å². The van der Waals surface area contributed by atoms with E-state index in [1.54, 1.807) is 0 Å². The molecule has 0 aliphatic carbocycles. The number of nitrogens with one attached hydrogen (secondary N) is 1. The molecule has 4 aromatic rings. The summed E-state index contributed by atoms with van der Waals surface area (Å²) in [4.78, 5) is 8.93. The molecule has 1 fully saturated rings. The van der Waals surface area contributed by atoms with Crippen LogP contribution >= 0.6 is 0 Å². The summed E-state index contributed by atoms with van der Waals surface area (Å²) in [6.07, 6.45) is 1.70. The molecule has 27 heavy (non-hydrogen) atoms. The Morgan fingerprint density at radius 1 is 1.11 bits per heavy atom. The topological polar surface area (TPSA) is 78.0 Å². The number of hydrogen-bond acceptors (Lipinski definition) is 6. The van der Waals surface area contributed by atoms with Crippen LogP contribution in [0.25, 0.3) is 22.4 Å². The molecule has 3 heterocycles. The van der Waals surface area contributed by atoms with E-state index in [4.69, 9.17) is 9.26 Å². The molecule has 5 rings (SSSR count). The van der Waals surface area contributed by atoms with E-state index < -0.39 is 0 Å². The molecular weight excluding hydrogens is 342 g/mol. The number of fused-ring (bicyclic) bond motifs is 1. The molecule has 2 aromatic heterocycles. The number of morpholine rings is 1. The minimum Gasteiger partial charge on any atom is -0.366 e. The van der Waals surface area contributed by atoms with Crippen LogP contribution < -0.4 is 5.32 Å². The Kier molecular flexibility index (Phi) is 4.16. The summed E-state index contributed by atoms with van der Waals surface area (Å²) in [6.45, 7) is 2.96. The van der Waals surface area contributed by atoms with E-state index in [9.17, 15) is 0 Å². The van der Waals surface area contributed by atoms with Crippen LogP contribution in [-0.2, 0) is 11.3 Å². The number of hydrogen-bond donors (Lipinski definition) is 1. The zero-order valence-corrected chi connectivity index (χ0v) is 14.7. The lowest BCUT2D eigenvalue weighted by Crippen LogP contribution is -2.33. The van der Waals surface area contributed by atoms with Crippen molar-refractivity contribution in [2.75, 3.05) is 19.7 Å². The van der Waals surface area contributed by atoms with E-state index in [2.05, 4.69) is 43.2 Å². The highest BCUT2D eigenvalue weighted by atomic mass is 16.5. The van der Waals surface area contributed by atoms with Crippen molar-refractivity contribution in [3.05, 3.63) is 66.3 Å². The van der Waals surface area contributed by atoms with Gasteiger partial charge in [0.1, 0.15) is 6.10 Å². The fourth-order valence-corrected chi connectivity index (χ4v) is 3.30. The van der Waals surface area contributed by atoms with Gasteiger partial charge in [-0.05, 0) is 17.7 Å². The maximum atomic E-state index is 5.66. The Hall–Kier alpha value is -3.03. The fourth-order valence-electron chi connectivity index (χ4n) is 3.30. The first kappa shape index (κ1) is 16.2. The quantitative estimate of drug-likeness (QED) is 0.602. The third-order valence-electron chi connectivity index (χ3n) is 4.74. The third-order valence-corrected chi connectivity index (χ3v) is 4.74. The Morgan fingerprint density at radius 2 is 2.00 bits per heavy atom. The third kappa shape index (κ3) is 3.22. The maximum absolute atomic E-state index is 5.66. The maximum Gasteiger partial charge on any atom is 0.257 e. The zero-order valence-electron chi connectivity index (χ0n) is 14.7. The van der Waals surface area contributed by atoms with Gasteiger partial charge in [-0.3, -0.25) is 0 Å². The van der Waals surface area contributed by atoms with Crippen molar-refractivity contribution >= 4 is 11.0 Å². The SMILES string of the molecule is c1ccc2c(c1)ncn2Cc1ccc(-c2noc([C@H]3CNCCO3)n2)cc1. The van der Waals surface area contributed by atoms with Crippen LogP contribution in [0, 0.1) is 0 Å². The first-order chi connectivity index (χ1) is 13.4. The monoisotopic (exact) mass is 361 g/mol. The molecular formula is C20H19N5O2. The fraction of sp³-hybridized carbons (Fsp3) is 0.250. The average Bonchev–Trinajstić information content (AvgIpc) is 3.37. The van der Waals surface area contributed by atoms with Crippen molar-refractivity contribution in [2.24, 2.45) is 0 Å². The van der Waals surface area contributed by atoms with E-state index in [0.29, 0.717) is 24.9 Å². The Balaban J connectivity index is 1.33. The number of para-hydroxylation sites is 2. The molecule has 1 saturated heterocycles. The van der Waals surface area contributed by atoms with Crippen molar-refractivity contribution in [1.29, 1.82) is 0 Å². The van der Waals surface area contributed by atoms with Crippen LogP contribution in [-0.4, -0.2) is 39.4 Å². The minimum absolute atomic E-state index is 0.172. The normalized spacial score (nSPS) is 17.4. The van der Waals surface area contributed by atoms with Crippen LogP contribution in [0.2, 0.25) is 0 Å². The van der Waals surface area contributed by atoms with E-state index >= 15 is 0 Å². The average molecular weight is 361 g/mol. The standard InChI is InChI=1S/C20H19N5O2/c1-2-4-17-16(3-1)22-13-25(17)12-14-5-7-15(8-6-14)19-23-20(27-24-19)18-11-21-9-10-26-18/h1-8,13,18,21H,9-12H2/t18-/m1/s1. The van der Waals surface area contributed by atoms with Crippen molar-refractivity contribution in [3.8, 4) is 11.4 Å². The molecule has 0 radical (unpaired) electrons. The van der Waals surface area contributed by atoms with Crippen LogP contribution in [0.1, 0.15) is 17.6 Å². The van der Waals surface area contributed by atoms with Crippen LogP contribution in [0.4, 0.5) is 0 Å². The molecule has 0 unspecified atom stereocenters. The lowest BCUT2D eigenvalue weighted by atomic mass is 10.1. The second-order valence-electron chi connectivity index (χ2n) is 6.58. The van der Waals surface area contributed by atoms with Gasteiger partial charge in [-0.15, -0.1) is 0 Å². The van der Waals surface area contributed by atoms with Gasteiger partial charge in [-0.1, -0.05) is 41.6 Å². The predicted molar refractivity (Wildman–Crippen MR) is 100 cm³/mol. The summed E-state index contributed by atoms with van der Waals surface area (Å²) in [6, 6.07) is 16.3. The van der Waals surface area contributed by atoms with Gasteiger partial charge in [0.25, 0.3) is 5.89 Å².